The van der Waals surface area contributed by atoms with Crippen LogP contribution < -0.4 is 10.6 Å². The molecule has 2 N–H and O–H groups in total. The van der Waals surface area contributed by atoms with Gasteiger partial charge < -0.3 is 10.6 Å². The highest BCUT2D eigenvalue weighted by molar-refractivity contribution is 5.95. The van der Waals surface area contributed by atoms with Crippen LogP contribution in [-0.4, -0.2) is 35.5 Å². The van der Waals surface area contributed by atoms with Crippen molar-refractivity contribution in [3.63, 3.8) is 0 Å². The quantitative estimate of drug-likeness (QED) is 0.793. The maximum absolute atomic E-state index is 12.9. The van der Waals surface area contributed by atoms with E-state index in [9.17, 15) is 18.0 Å². The Bertz CT molecular complexity index is 832. The Morgan fingerprint density at radius 1 is 1.29 bits per heavy atom. The molecule has 1 fully saturated rings. The lowest BCUT2D eigenvalue weighted by atomic mass is 9.94. The van der Waals surface area contributed by atoms with Gasteiger partial charge in [0.05, 0.1) is 0 Å². The fourth-order valence-corrected chi connectivity index (χ4v) is 3.39. The fraction of sp³-hybridized carbons (Fsp3) is 0.450. The van der Waals surface area contributed by atoms with Gasteiger partial charge in [0.15, 0.2) is 0 Å². The number of nitrogens with zero attached hydrogens (tertiary/aromatic N) is 2. The number of benzene rings is 1. The summed E-state index contributed by atoms with van der Waals surface area (Å²) in [4.78, 5) is 20.2. The van der Waals surface area contributed by atoms with Crippen molar-refractivity contribution in [2.24, 2.45) is 5.92 Å². The van der Waals surface area contributed by atoms with E-state index in [2.05, 4.69) is 20.6 Å². The standard InChI is InChI=1S/C20H23F3N4O/c1-13-10-17(20(21,22)23)27-18(26-13)7-9-25-19(28)16-5-3-2-4-15(16)11-14-6-8-24-12-14/h2-5,10,14,24H,6-9,11-12H2,1H3,(H,25,28). The Kier molecular flexibility index (Phi) is 6.28. The van der Waals surface area contributed by atoms with Crippen LogP contribution >= 0.6 is 0 Å². The van der Waals surface area contributed by atoms with Gasteiger partial charge in [-0.2, -0.15) is 13.2 Å². The molecule has 2 aromatic rings. The molecule has 8 heteroatoms. The number of hydrogen-bond donors (Lipinski definition) is 2. The predicted octanol–water partition coefficient (Wildman–Crippen LogP) is 2.93. The zero-order valence-corrected chi connectivity index (χ0v) is 15.6. The van der Waals surface area contributed by atoms with E-state index in [1.54, 1.807) is 6.07 Å². The summed E-state index contributed by atoms with van der Waals surface area (Å²) >= 11 is 0. The molecule has 0 aliphatic carbocycles. The summed E-state index contributed by atoms with van der Waals surface area (Å²) in [6.45, 7) is 3.60. The first-order valence-corrected chi connectivity index (χ1v) is 9.31. The zero-order valence-electron chi connectivity index (χ0n) is 15.6. The molecular formula is C20H23F3N4O. The number of aromatic nitrogens is 2. The van der Waals surface area contributed by atoms with Crippen LogP contribution in [0.4, 0.5) is 13.2 Å². The summed E-state index contributed by atoms with van der Waals surface area (Å²) in [5.41, 5.74) is 0.881. The monoisotopic (exact) mass is 392 g/mol. The van der Waals surface area contributed by atoms with Crippen molar-refractivity contribution in [3.8, 4) is 0 Å². The first kappa shape index (κ1) is 20.3. The summed E-state index contributed by atoms with van der Waals surface area (Å²) in [5.74, 6) is 0.346. The molecule has 0 saturated carbocycles. The molecule has 1 aromatic carbocycles. The van der Waals surface area contributed by atoms with E-state index >= 15 is 0 Å². The van der Waals surface area contributed by atoms with Crippen molar-refractivity contribution in [1.29, 1.82) is 0 Å². The summed E-state index contributed by atoms with van der Waals surface area (Å²) in [6, 6.07) is 8.36. The van der Waals surface area contributed by atoms with Crippen LogP contribution in [0.25, 0.3) is 0 Å². The Hall–Kier alpha value is -2.48. The molecule has 5 nitrogen and oxygen atoms in total. The van der Waals surface area contributed by atoms with Crippen LogP contribution in [0.2, 0.25) is 0 Å². The highest BCUT2D eigenvalue weighted by Crippen LogP contribution is 2.27. The van der Waals surface area contributed by atoms with Crippen LogP contribution in [-0.2, 0) is 19.0 Å². The topological polar surface area (TPSA) is 66.9 Å². The smallest absolute Gasteiger partial charge is 0.352 e. The maximum atomic E-state index is 12.9. The largest absolute Gasteiger partial charge is 0.433 e. The van der Waals surface area contributed by atoms with Crippen molar-refractivity contribution in [2.45, 2.75) is 32.4 Å². The minimum atomic E-state index is -4.51. The van der Waals surface area contributed by atoms with E-state index in [-0.39, 0.29) is 30.4 Å². The van der Waals surface area contributed by atoms with E-state index in [4.69, 9.17) is 0 Å². The van der Waals surface area contributed by atoms with Gasteiger partial charge in [-0.3, -0.25) is 4.79 Å². The summed E-state index contributed by atoms with van der Waals surface area (Å²) in [6.07, 6.45) is -2.47. The first-order valence-electron chi connectivity index (χ1n) is 9.31. The zero-order chi connectivity index (χ0) is 20.1. The van der Waals surface area contributed by atoms with Crippen LogP contribution in [0.1, 0.15) is 39.6 Å². The lowest BCUT2D eigenvalue weighted by Crippen LogP contribution is -2.28. The molecule has 1 atom stereocenters. The second kappa shape index (κ2) is 8.68. The lowest BCUT2D eigenvalue weighted by Gasteiger charge is -2.13. The normalized spacial score (nSPS) is 16.9. The molecule has 0 spiro atoms. The van der Waals surface area contributed by atoms with Gasteiger partial charge in [-0.1, -0.05) is 18.2 Å². The molecule has 1 aromatic heterocycles. The Labute approximate surface area is 161 Å². The second-order valence-electron chi connectivity index (χ2n) is 7.03. The molecule has 0 bridgehead atoms. The van der Waals surface area contributed by atoms with Crippen LogP contribution in [0.5, 0.6) is 0 Å². The van der Waals surface area contributed by atoms with Gasteiger partial charge in [-0.25, -0.2) is 9.97 Å². The third kappa shape index (κ3) is 5.28. The average Bonchev–Trinajstić information content (AvgIpc) is 3.14. The molecule has 1 aliphatic heterocycles. The number of nitrogens with one attached hydrogen (secondary N) is 2. The van der Waals surface area contributed by atoms with Gasteiger partial charge in [0.25, 0.3) is 5.91 Å². The van der Waals surface area contributed by atoms with Crippen molar-refractivity contribution >= 4 is 5.91 Å². The molecule has 28 heavy (non-hydrogen) atoms. The Morgan fingerprint density at radius 3 is 2.79 bits per heavy atom. The number of alkyl halides is 3. The molecule has 1 amide bonds. The van der Waals surface area contributed by atoms with Crippen molar-refractivity contribution in [1.82, 2.24) is 20.6 Å². The third-order valence-corrected chi connectivity index (χ3v) is 4.76. The molecule has 150 valence electrons. The second-order valence-corrected chi connectivity index (χ2v) is 7.03. The molecular weight excluding hydrogens is 369 g/mol. The third-order valence-electron chi connectivity index (χ3n) is 4.76. The van der Waals surface area contributed by atoms with Gasteiger partial charge in [0, 0.05) is 24.2 Å². The maximum Gasteiger partial charge on any atom is 0.433 e. The van der Waals surface area contributed by atoms with Gasteiger partial charge in [0.2, 0.25) is 0 Å². The number of rotatable bonds is 6. The van der Waals surface area contributed by atoms with Crippen molar-refractivity contribution < 1.29 is 18.0 Å². The highest BCUT2D eigenvalue weighted by Gasteiger charge is 2.33. The molecule has 1 saturated heterocycles. The number of carbonyl (C=O) groups excluding carboxylic acids is 1. The highest BCUT2D eigenvalue weighted by atomic mass is 19.4. The predicted molar refractivity (Wildman–Crippen MR) is 98.9 cm³/mol. The number of halogens is 3. The van der Waals surface area contributed by atoms with E-state index in [0.29, 0.717) is 11.5 Å². The minimum absolute atomic E-state index is 0.0675. The van der Waals surface area contributed by atoms with Crippen LogP contribution in [0, 0.1) is 12.8 Å². The molecule has 0 radical (unpaired) electrons. The molecule has 3 rings (SSSR count). The van der Waals surface area contributed by atoms with Crippen molar-refractivity contribution in [3.05, 3.63) is 58.7 Å². The van der Waals surface area contributed by atoms with E-state index in [0.717, 1.165) is 37.6 Å². The fourth-order valence-electron chi connectivity index (χ4n) is 3.39. The van der Waals surface area contributed by atoms with E-state index in [1.165, 1.54) is 6.92 Å². The number of aryl methyl sites for hydroxylation is 1. The van der Waals surface area contributed by atoms with E-state index < -0.39 is 11.9 Å². The molecule has 1 unspecified atom stereocenters. The summed E-state index contributed by atoms with van der Waals surface area (Å²) in [7, 11) is 0. The lowest BCUT2D eigenvalue weighted by molar-refractivity contribution is -0.141. The Balaban J connectivity index is 1.61. The van der Waals surface area contributed by atoms with Crippen LogP contribution in [0.3, 0.4) is 0 Å². The number of carbonyl (C=O) groups is 1. The first-order chi connectivity index (χ1) is 13.3. The average molecular weight is 392 g/mol. The van der Waals surface area contributed by atoms with E-state index in [1.807, 2.05) is 18.2 Å². The van der Waals surface area contributed by atoms with Gasteiger partial charge >= 0.3 is 6.18 Å². The minimum Gasteiger partial charge on any atom is -0.352 e. The van der Waals surface area contributed by atoms with Crippen LogP contribution in [0.15, 0.2) is 30.3 Å². The SMILES string of the molecule is Cc1cc(C(F)(F)F)nc(CCNC(=O)c2ccccc2CC2CCNC2)n1. The van der Waals surface area contributed by atoms with Gasteiger partial charge in [-0.15, -0.1) is 0 Å². The number of amides is 1. The van der Waals surface area contributed by atoms with Gasteiger partial charge in [0.1, 0.15) is 11.5 Å². The molecule has 1 aliphatic rings. The van der Waals surface area contributed by atoms with Crippen molar-refractivity contribution in [2.75, 3.05) is 19.6 Å². The summed E-state index contributed by atoms with van der Waals surface area (Å²) < 4.78 is 38.6. The molecule has 2 heterocycles. The van der Waals surface area contributed by atoms with Gasteiger partial charge in [-0.05, 0) is 56.5 Å². The summed E-state index contributed by atoms with van der Waals surface area (Å²) in [5, 5.41) is 6.09. The Morgan fingerprint density at radius 2 is 2.07 bits per heavy atom. The number of hydrogen-bond acceptors (Lipinski definition) is 4.